The van der Waals surface area contributed by atoms with Crippen molar-refractivity contribution in [2.45, 2.75) is 12.7 Å². The van der Waals surface area contributed by atoms with Crippen molar-refractivity contribution in [2.24, 2.45) is 0 Å². The maximum atomic E-state index is 11.7. The normalized spacial score (nSPS) is 11.2. The molecule has 1 rings (SSSR count). The van der Waals surface area contributed by atoms with Crippen LogP contribution >= 0.6 is 0 Å². The van der Waals surface area contributed by atoms with Crippen molar-refractivity contribution in [3.8, 4) is 0 Å². The highest BCUT2D eigenvalue weighted by atomic mass is 19.4. The molecule has 0 unspecified atom stereocenters. The van der Waals surface area contributed by atoms with Crippen LogP contribution in [-0.4, -0.2) is 35.4 Å². The molecule has 5 nitrogen and oxygen atoms in total. The summed E-state index contributed by atoms with van der Waals surface area (Å²) in [5.41, 5.74) is 0.608. The third kappa shape index (κ3) is 6.46. The Bertz CT molecular complexity index is 355. The topological polar surface area (TPSA) is 66.9 Å². The summed E-state index contributed by atoms with van der Waals surface area (Å²) >= 11 is 0. The van der Waals surface area contributed by atoms with Crippen molar-refractivity contribution < 1.29 is 18.0 Å². The molecule has 0 aliphatic heterocycles. The first-order valence-electron chi connectivity index (χ1n) is 4.78. The van der Waals surface area contributed by atoms with E-state index in [1.54, 1.807) is 17.4 Å². The van der Waals surface area contributed by atoms with Gasteiger partial charge in [-0.25, -0.2) is 0 Å². The molecule has 1 amide bonds. The van der Waals surface area contributed by atoms with E-state index >= 15 is 0 Å². The highest BCUT2D eigenvalue weighted by Crippen LogP contribution is 2.11. The minimum Gasteiger partial charge on any atom is -0.346 e. The fourth-order valence-corrected chi connectivity index (χ4v) is 0.993. The second-order valence-electron chi connectivity index (χ2n) is 3.21. The summed E-state index contributed by atoms with van der Waals surface area (Å²) in [6.07, 6.45) is -2.89. The lowest BCUT2D eigenvalue weighted by Crippen LogP contribution is -2.39. The van der Waals surface area contributed by atoms with Crippen LogP contribution in [0.4, 0.5) is 13.2 Å². The zero-order valence-electron chi connectivity index (χ0n) is 8.79. The van der Waals surface area contributed by atoms with Crippen LogP contribution < -0.4 is 10.6 Å². The Morgan fingerprint density at radius 3 is 2.76 bits per heavy atom. The molecule has 1 aromatic heterocycles. The summed E-state index contributed by atoms with van der Waals surface area (Å²) in [5, 5.41) is 11.8. The van der Waals surface area contributed by atoms with Gasteiger partial charge in [-0.1, -0.05) is 0 Å². The number of carbonyl (C=O) groups is 1. The van der Waals surface area contributed by atoms with E-state index in [9.17, 15) is 18.0 Å². The second kappa shape index (κ2) is 6.14. The van der Waals surface area contributed by atoms with Gasteiger partial charge in [-0.2, -0.15) is 23.4 Å². The van der Waals surface area contributed by atoms with Crippen molar-refractivity contribution in [3.05, 3.63) is 24.0 Å². The lowest BCUT2D eigenvalue weighted by molar-refractivity contribution is -0.137. The van der Waals surface area contributed by atoms with Crippen LogP contribution in [0.5, 0.6) is 0 Å². The molecule has 0 radical (unpaired) electrons. The Labute approximate surface area is 95.4 Å². The van der Waals surface area contributed by atoms with E-state index in [-0.39, 0.29) is 13.1 Å². The highest BCUT2D eigenvalue weighted by Gasteiger charge is 2.27. The molecule has 8 heteroatoms. The molecule has 94 valence electrons. The lowest BCUT2D eigenvalue weighted by atomic mass is 10.4. The van der Waals surface area contributed by atoms with E-state index < -0.39 is 18.6 Å². The van der Waals surface area contributed by atoms with Crippen LogP contribution in [-0.2, 0) is 11.3 Å². The number of hydrogen-bond acceptors (Lipinski definition) is 4. The van der Waals surface area contributed by atoms with Crippen LogP contribution in [0.25, 0.3) is 0 Å². The number of rotatable bonds is 5. The second-order valence-corrected chi connectivity index (χ2v) is 3.21. The van der Waals surface area contributed by atoms with Gasteiger partial charge in [0.15, 0.2) is 0 Å². The van der Waals surface area contributed by atoms with E-state index in [1.165, 1.54) is 6.20 Å². The first-order chi connectivity index (χ1) is 7.97. The van der Waals surface area contributed by atoms with E-state index in [0.717, 1.165) is 0 Å². The van der Waals surface area contributed by atoms with Gasteiger partial charge in [-0.05, 0) is 12.1 Å². The summed E-state index contributed by atoms with van der Waals surface area (Å²) in [4.78, 5) is 11.0. The zero-order chi connectivity index (χ0) is 12.7. The predicted molar refractivity (Wildman–Crippen MR) is 52.8 cm³/mol. The van der Waals surface area contributed by atoms with E-state index in [1.807, 2.05) is 0 Å². The molecule has 1 aromatic rings. The van der Waals surface area contributed by atoms with Crippen molar-refractivity contribution in [3.63, 3.8) is 0 Å². The molecule has 0 spiro atoms. The summed E-state index contributed by atoms with van der Waals surface area (Å²) in [7, 11) is 0. The number of aromatic nitrogens is 2. The van der Waals surface area contributed by atoms with Gasteiger partial charge in [0.1, 0.15) is 6.54 Å². The van der Waals surface area contributed by atoms with Gasteiger partial charge in [0.2, 0.25) is 5.91 Å². The van der Waals surface area contributed by atoms with Crippen LogP contribution in [0.1, 0.15) is 5.69 Å². The zero-order valence-corrected chi connectivity index (χ0v) is 8.79. The Morgan fingerprint density at radius 2 is 2.18 bits per heavy atom. The maximum Gasteiger partial charge on any atom is 0.405 e. The molecule has 0 aliphatic rings. The molecule has 0 aromatic carbocycles. The quantitative estimate of drug-likeness (QED) is 0.783. The van der Waals surface area contributed by atoms with Crippen molar-refractivity contribution >= 4 is 5.91 Å². The minimum absolute atomic E-state index is 0.202. The molecule has 17 heavy (non-hydrogen) atoms. The van der Waals surface area contributed by atoms with E-state index in [0.29, 0.717) is 5.69 Å². The van der Waals surface area contributed by atoms with Crippen LogP contribution in [0, 0.1) is 0 Å². The van der Waals surface area contributed by atoms with Gasteiger partial charge in [0, 0.05) is 12.7 Å². The van der Waals surface area contributed by atoms with E-state index in [2.05, 4.69) is 15.5 Å². The Hall–Kier alpha value is -1.70. The molecular formula is C9H11F3N4O. The number of nitrogens with zero attached hydrogens (tertiary/aromatic N) is 2. The number of hydrogen-bond donors (Lipinski definition) is 2. The first-order valence-corrected chi connectivity index (χ1v) is 4.78. The van der Waals surface area contributed by atoms with Crippen molar-refractivity contribution in [1.82, 2.24) is 20.8 Å². The molecule has 0 bridgehead atoms. The molecule has 0 fully saturated rings. The predicted octanol–water partition coefficient (Wildman–Crippen LogP) is 0.245. The largest absolute Gasteiger partial charge is 0.405 e. The highest BCUT2D eigenvalue weighted by molar-refractivity contribution is 5.77. The average Bonchev–Trinajstić information content (AvgIpc) is 2.27. The molecule has 0 atom stereocenters. The number of carbonyl (C=O) groups excluding carboxylic acids is 1. The van der Waals surface area contributed by atoms with Gasteiger partial charge in [-0.3, -0.25) is 4.79 Å². The van der Waals surface area contributed by atoms with Crippen LogP contribution in [0.2, 0.25) is 0 Å². The van der Waals surface area contributed by atoms with Gasteiger partial charge in [-0.15, -0.1) is 0 Å². The summed E-state index contributed by atoms with van der Waals surface area (Å²) < 4.78 is 35.2. The standard InChI is InChI=1S/C9H11F3N4O/c10-9(11,12)6-14-8(17)5-13-4-7-2-1-3-15-16-7/h1-3,13H,4-6H2,(H,14,17). The van der Waals surface area contributed by atoms with Crippen molar-refractivity contribution in [1.29, 1.82) is 0 Å². The number of alkyl halides is 3. The Kier molecular flexibility index (Phi) is 4.83. The van der Waals surface area contributed by atoms with Gasteiger partial charge in [0.25, 0.3) is 0 Å². The fraction of sp³-hybridized carbons (Fsp3) is 0.444. The molecule has 0 saturated carbocycles. The Morgan fingerprint density at radius 1 is 1.41 bits per heavy atom. The smallest absolute Gasteiger partial charge is 0.346 e. The number of amides is 1. The lowest BCUT2D eigenvalue weighted by Gasteiger charge is -2.08. The number of nitrogens with one attached hydrogen (secondary N) is 2. The van der Waals surface area contributed by atoms with Crippen LogP contribution in [0.3, 0.4) is 0 Å². The molecule has 0 saturated heterocycles. The molecule has 0 aliphatic carbocycles. The van der Waals surface area contributed by atoms with Gasteiger partial charge < -0.3 is 10.6 Å². The average molecular weight is 248 g/mol. The fourth-order valence-electron chi connectivity index (χ4n) is 0.993. The Balaban J connectivity index is 2.17. The van der Waals surface area contributed by atoms with Crippen LogP contribution in [0.15, 0.2) is 18.3 Å². The third-order valence-corrected chi connectivity index (χ3v) is 1.71. The van der Waals surface area contributed by atoms with E-state index in [4.69, 9.17) is 0 Å². The maximum absolute atomic E-state index is 11.7. The monoisotopic (exact) mass is 248 g/mol. The molecular weight excluding hydrogens is 237 g/mol. The van der Waals surface area contributed by atoms with Gasteiger partial charge >= 0.3 is 6.18 Å². The summed E-state index contributed by atoms with van der Waals surface area (Å²) in [5.74, 6) is -0.716. The number of halogens is 3. The first kappa shape index (κ1) is 13.4. The van der Waals surface area contributed by atoms with Crippen molar-refractivity contribution in [2.75, 3.05) is 13.1 Å². The van der Waals surface area contributed by atoms with Gasteiger partial charge in [0.05, 0.1) is 12.2 Å². The summed E-state index contributed by atoms with van der Waals surface area (Å²) in [6, 6.07) is 3.36. The molecule has 2 N–H and O–H groups in total. The molecule has 1 heterocycles. The SMILES string of the molecule is O=C(CNCc1cccnn1)NCC(F)(F)F. The summed E-state index contributed by atoms with van der Waals surface area (Å²) in [6.45, 7) is -1.25. The minimum atomic E-state index is -4.39. The third-order valence-electron chi connectivity index (χ3n) is 1.71.